The lowest BCUT2D eigenvalue weighted by Gasteiger charge is -2.16. The number of anilines is 1. The Morgan fingerprint density at radius 3 is 2.61 bits per heavy atom. The number of benzene rings is 1. The molecule has 4 nitrogen and oxygen atoms in total. The summed E-state index contributed by atoms with van der Waals surface area (Å²) in [5.41, 5.74) is 7.41. The first-order valence-electron chi connectivity index (χ1n) is 5.58. The fourth-order valence-electron chi connectivity index (χ4n) is 1.62. The molecule has 0 fully saturated rings. The minimum absolute atomic E-state index is 0.00238. The Labute approximate surface area is 110 Å². The highest BCUT2D eigenvalue weighted by molar-refractivity contribution is 7.13. The smallest absolute Gasteiger partial charge is 0.265 e. The Morgan fingerprint density at radius 2 is 2.06 bits per heavy atom. The zero-order valence-electron chi connectivity index (χ0n) is 10.4. The lowest BCUT2D eigenvalue weighted by atomic mass is 10.2. The Bertz CT molecular complexity index is 548. The number of aromatic nitrogens is 1. The van der Waals surface area contributed by atoms with E-state index in [1.165, 1.54) is 11.3 Å². The maximum Gasteiger partial charge on any atom is 0.265 e. The third kappa shape index (κ3) is 2.87. The Morgan fingerprint density at radius 1 is 1.39 bits per heavy atom. The van der Waals surface area contributed by atoms with Crippen molar-refractivity contribution in [2.24, 2.45) is 0 Å². The van der Waals surface area contributed by atoms with Crippen LogP contribution in [0.1, 0.15) is 20.2 Å². The van der Waals surface area contributed by atoms with Crippen molar-refractivity contribution in [1.29, 1.82) is 0 Å². The summed E-state index contributed by atoms with van der Waals surface area (Å²) in [5, 5.41) is 0.902. The number of nitrogens with two attached hydrogens (primary N) is 1. The number of nitrogen functional groups attached to an aromatic ring is 1. The van der Waals surface area contributed by atoms with Gasteiger partial charge in [0.15, 0.2) is 0 Å². The van der Waals surface area contributed by atoms with E-state index in [0.717, 1.165) is 16.3 Å². The third-order valence-corrected chi connectivity index (χ3v) is 3.48. The second-order valence-electron chi connectivity index (χ2n) is 4.15. The van der Waals surface area contributed by atoms with Gasteiger partial charge in [0.25, 0.3) is 5.91 Å². The van der Waals surface area contributed by atoms with Crippen LogP contribution in [-0.4, -0.2) is 22.8 Å². The van der Waals surface area contributed by atoms with E-state index in [1.807, 2.05) is 31.2 Å². The zero-order valence-corrected chi connectivity index (χ0v) is 11.2. The van der Waals surface area contributed by atoms with Gasteiger partial charge in [0.2, 0.25) is 0 Å². The maximum atomic E-state index is 12.1. The van der Waals surface area contributed by atoms with Crippen LogP contribution in [0.15, 0.2) is 30.5 Å². The van der Waals surface area contributed by atoms with Gasteiger partial charge in [-0.3, -0.25) is 4.79 Å². The van der Waals surface area contributed by atoms with Crippen LogP contribution in [0.2, 0.25) is 0 Å². The molecule has 0 spiro atoms. The summed E-state index contributed by atoms with van der Waals surface area (Å²) in [6, 6.07) is 7.53. The van der Waals surface area contributed by atoms with E-state index in [-0.39, 0.29) is 5.91 Å². The normalized spacial score (nSPS) is 10.3. The number of carbonyl (C=O) groups is 1. The Kier molecular flexibility index (Phi) is 3.62. The molecule has 0 aliphatic heterocycles. The summed E-state index contributed by atoms with van der Waals surface area (Å²) in [4.78, 5) is 18.5. The molecule has 0 aliphatic rings. The van der Waals surface area contributed by atoms with Gasteiger partial charge in [-0.05, 0) is 24.6 Å². The standard InChI is InChI=1S/C13H15N3OS/c1-9-15-7-12(18-9)13(17)16(2)8-10-3-5-11(14)6-4-10/h3-7H,8,14H2,1-2H3. The van der Waals surface area contributed by atoms with E-state index in [2.05, 4.69) is 4.98 Å². The van der Waals surface area contributed by atoms with Crippen molar-refractivity contribution >= 4 is 22.9 Å². The molecule has 1 aromatic carbocycles. The van der Waals surface area contributed by atoms with Crippen molar-refractivity contribution in [3.8, 4) is 0 Å². The van der Waals surface area contributed by atoms with Crippen LogP contribution in [0.25, 0.3) is 0 Å². The van der Waals surface area contributed by atoms with E-state index >= 15 is 0 Å². The van der Waals surface area contributed by atoms with Crippen LogP contribution in [0, 0.1) is 6.92 Å². The lowest BCUT2D eigenvalue weighted by Crippen LogP contribution is -2.25. The first-order valence-corrected chi connectivity index (χ1v) is 6.40. The van der Waals surface area contributed by atoms with Crippen LogP contribution >= 0.6 is 11.3 Å². The molecule has 0 saturated heterocycles. The maximum absolute atomic E-state index is 12.1. The fraction of sp³-hybridized carbons (Fsp3) is 0.231. The van der Waals surface area contributed by atoms with Crippen molar-refractivity contribution in [2.75, 3.05) is 12.8 Å². The number of hydrogen-bond donors (Lipinski definition) is 1. The molecule has 0 atom stereocenters. The Balaban J connectivity index is 2.05. The van der Waals surface area contributed by atoms with E-state index in [0.29, 0.717) is 11.4 Å². The highest BCUT2D eigenvalue weighted by Gasteiger charge is 2.14. The van der Waals surface area contributed by atoms with Crippen LogP contribution in [0.4, 0.5) is 5.69 Å². The van der Waals surface area contributed by atoms with Gasteiger partial charge >= 0.3 is 0 Å². The number of hydrogen-bond acceptors (Lipinski definition) is 4. The van der Waals surface area contributed by atoms with Gasteiger partial charge in [-0.15, -0.1) is 11.3 Å². The number of rotatable bonds is 3. The van der Waals surface area contributed by atoms with Crippen molar-refractivity contribution in [1.82, 2.24) is 9.88 Å². The zero-order chi connectivity index (χ0) is 13.1. The van der Waals surface area contributed by atoms with Gasteiger partial charge in [-0.1, -0.05) is 12.1 Å². The molecule has 2 rings (SSSR count). The number of carbonyl (C=O) groups excluding carboxylic acids is 1. The van der Waals surface area contributed by atoms with E-state index in [4.69, 9.17) is 5.73 Å². The predicted octanol–water partition coefficient (Wildman–Crippen LogP) is 2.31. The van der Waals surface area contributed by atoms with Crippen molar-refractivity contribution in [2.45, 2.75) is 13.5 Å². The van der Waals surface area contributed by atoms with Crippen LogP contribution in [0.3, 0.4) is 0 Å². The summed E-state index contributed by atoms with van der Waals surface area (Å²) < 4.78 is 0. The van der Waals surface area contributed by atoms with Crippen LogP contribution in [-0.2, 0) is 6.54 Å². The lowest BCUT2D eigenvalue weighted by molar-refractivity contribution is 0.0789. The van der Waals surface area contributed by atoms with Crippen molar-refractivity contribution in [3.05, 3.63) is 45.9 Å². The van der Waals surface area contributed by atoms with Crippen LogP contribution in [0.5, 0.6) is 0 Å². The monoisotopic (exact) mass is 261 g/mol. The van der Waals surface area contributed by atoms with Gasteiger partial charge in [0.05, 0.1) is 11.2 Å². The quantitative estimate of drug-likeness (QED) is 0.862. The number of amides is 1. The van der Waals surface area contributed by atoms with E-state index in [1.54, 1.807) is 18.1 Å². The summed E-state index contributed by atoms with van der Waals surface area (Å²) in [7, 11) is 1.79. The topological polar surface area (TPSA) is 59.2 Å². The summed E-state index contributed by atoms with van der Waals surface area (Å²) in [6.45, 7) is 2.46. The van der Waals surface area contributed by atoms with Gasteiger partial charge in [-0.2, -0.15) is 0 Å². The van der Waals surface area contributed by atoms with E-state index in [9.17, 15) is 4.79 Å². The highest BCUT2D eigenvalue weighted by Crippen LogP contribution is 2.15. The molecule has 94 valence electrons. The molecule has 18 heavy (non-hydrogen) atoms. The first-order chi connectivity index (χ1) is 8.56. The molecular formula is C13H15N3OS. The second kappa shape index (κ2) is 5.18. The second-order valence-corrected chi connectivity index (χ2v) is 5.38. The molecule has 1 amide bonds. The molecule has 2 aromatic rings. The van der Waals surface area contributed by atoms with Gasteiger partial charge in [0.1, 0.15) is 4.88 Å². The molecule has 1 heterocycles. The third-order valence-electron chi connectivity index (χ3n) is 2.58. The Hall–Kier alpha value is -1.88. The predicted molar refractivity (Wildman–Crippen MR) is 73.5 cm³/mol. The fourth-order valence-corrected chi connectivity index (χ4v) is 2.39. The van der Waals surface area contributed by atoms with Crippen molar-refractivity contribution in [3.63, 3.8) is 0 Å². The first kappa shape index (κ1) is 12.6. The molecule has 0 saturated carbocycles. The van der Waals surface area contributed by atoms with Gasteiger partial charge in [-0.25, -0.2) is 4.98 Å². The van der Waals surface area contributed by atoms with Gasteiger partial charge < -0.3 is 10.6 Å². The summed E-state index contributed by atoms with van der Waals surface area (Å²) >= 11 is 1.41. The molecule has 2 N–H and O–H groups in total. The molecule has 0 aliphatic carbocycles. The van der Waals surface area contributed by atoms with Crippen molar-refractivity contribution < 1.29 is 4.79 Å². The number of nitrogens with zero attached hydrogens (tertiary/aromatic N) is 2. The average Bonchev–Trinajstić information content (AvgIpc) is 2.78. The SMILES string of the molecule is Cc1ncc(C(=O)N(C)Cc2ccc(N)cc2)s1. The minimum atomic E-state index is -0.00238. The molecular weight excluding hydrogens is 246 g/mol. The summed E-state index contributed by atoms with van der Waals surface area (Å²) in [5.74, 6) is -0.00238. The number of aryl methyl sites for hydroxylation is 1. The summed E-state index contributed by atoms with van der Waals surface area (Å²) in [6.07, 6.45) is 1.63. The van der Waals surface area contributed by atoms with E-state index < -0.39 is 0 Å². The molecule has 1 aromatic heterocycles. The molecule has 0 unspecified atom stereocenters. The molecule has 5 heteroatoms. The highest BCUT2D eigenvalue weighted by atomic mass is 32.1. The largest absolute Gasteiger partial charge is 0.399 e. The average molecular weight is 261 g/mol. The molecule has 0 radical (unpaired) electrons. The van der Waals surface area contributed by atoms with Gasteiger partial charge in [0, 0.05) is 19.3 Å². The number of thiazole rings is 1. The minimum Gasteiger partial charge on any atom is -0.399 e. The molecule has 0 bridgehead atoms. The van der Waals surface area contributed by atoms with Crippen LogP contribution < -0.4 is 5.73 Å².